The molecular weight excluding hydrogens is 186 g/mol. The van der Waals surface area contributed by atoms with E-state index in [9.17, 15) is 0 Å². The summed E-state index contributed by atoms with van der Waals surface area (Å²) in [5, 5.41) is 1.16. The summed E-state index contributed by atoms with van der Waals surface area (Å²) in [6.07, 6.45) is 2.84. The summed E-state index contributed by atoms with van der Waals surface area (Å²) in [4.78, 5) is 4.40. The van der Waals surface area contributed by atoms with Gasteiger partial charge in [-0.2, -0.15) is 0 Å². The first-order valence-electron chi connectivity index (χ1n) is 5.16. The van der Waals surface area contributed by atoms with E-state index in [-0.39, 0.29) is 6.04 Å². The minimum Gasteiger partial charge on any atom is -0.271 e. The van der Waals surface area contributed by atoms with Gasteiger partial charge in [0.2, 0.25) is 0 Å². The van der Waals surface area contributed by atoms with Crippen LogP contribution in [0, 0.1) is 0 Å². The number of nitrogens with two attached hydrogens (primary N) is 1. The Kier molecular flexibility index (Phi) is 2.94. The third-order valence-electron chi connectivity index (χ3n) is 2.62. The van der Waals surface area contributed by atoms with Crippen LogP contribution < -0.4 is 11.3 Å². The molecule has 1 unspecified atom stereocenters. The molecule has 0 saturated carbocycles. The summed E-state index contributed by atoms with van der Waals surface area (Å²) in [7, 11) is 0. The number of aromatic nitrogens is 1. The fourth-order valence-electron chi connectivity index (χ4n) is 1.73. The van der Waals surface area contributed by atoms with Gasteiger partial charge in [0, 0.05) is 17.6 Å². The molecule has 1 heterocycles. The van der Waals surface area contributed by atoms with E-state index in [0.29, 0.717) is 0 Å². The molecule has 0 aliphatic heterocycles. The number of hydrogen-bond acceptors (Lipinski definition) is 3. The maximum atomic E-state index is 5.48. The SMILES string of the molecule is CCC(NN)c1cnc2ccccc2c1. The molecule has 0 bridgehead atoms. The summed E-state index contributed by atoms with van der Waals surface area (Å²) in [6.45, 7) is 2.10. The Balaban J connectivity index is 2.46. The van der Waals surface area contributed by atoms with E-state index >= 15 is 0 Å². The molecule has 3 N–H and O–H groups in total. The Bertz CT molecular complexity index is 449. The number of hydrogen-bond donors (Lipinski definition) is 2. The van der Waals surface area contributed by atoms with E-state index < -0.39 is 0 Å². The standard InChI is InChI=1S/C12H15N3/c1-2-11(15-13)10-7-9-5-3-4-6-12(9)14-8-10/h3-8,11,15H,2,13H2,1H3. The summed E-state index contributed by atoms with van der Waals surface area (Å²) >= 11 is 0. The summed E-state index contributed by atoms with van der Waals surface area (Å²) in [5.74, 6) is 5.48. The number of fused-ring (bicyclic) bond motifs is 1. The van der Waals surface area contributed by atoms with Gasteiger partial charge >= 0.3 is 0 Å². The van der Waals surface area contributed by atoms with Crippen LogP contribution in [0.4, 0.5) is 0 Å². The van der Waals surface area contributed by atoms with Crippen molar-refractivity contribution in [2.24, 2.45) is 5.84 Å². The van der Waals surface area contributed by atoms with Crippen LogP contribution in [-0.2, 0) is 0 Å². The van der Waals surface area contributed by atoms with Crippen LogP contribution in [0.3, 0.4) is 0 Å². The number of pyridine rings is 1. The zero-order valence-electron chi connectivity index (χ0n) is 8.77. The molecule has 1 atom stereocenters. The highest BCUT2D eigenvalue weighted by Gasteiger charge is 2.07. The quantitative estimate of drug-likeness (QED) is 0.591. The van der Waals surface area contributed by atoms with Gasteiger partial charge in [-0.3, -0.25) is 16.3 Å². The van der Waals surface area contributed by atoms with Crippen molar-refractivity contribution in [1.82, 2.24) is 10.4 Å². The number of rotatable bonds is 3. The van der Waals surface area contributed by atoms with Gasteiger partial charge < -0.3 is 0 Å². The topological polar surface area (TPSA) is 50.9 Å². The zero-order valence-corrected chi connectivity index (χ0v) is 8.77. The van der Waals surface area contributed by atoms with Crippen molar-refractivity contribution in [3.05, 3.63) is 42.1 Å². The van der Waals surface area contributed by atoms with Crippen LogP contribution in [0.5, 0.6) is 0 Å². The molecule has 3 heteroatoms. The molecule has 0 amide bonds. The molecule has 0 radical (unpaired) electrons. The highest BCUT2D eigenvalue weighted by Crippen LogP contribution is 2.19. The van der Waals surface area contributed by atoms with Crippen molar-refractivity contribution in [2.75, 3.05) is 0 Å². The molecule has 0 aliphatic rings. The largest absolute Gasteiger partial charge is 0.271 e. The van der Waals surface area contributed by atoms with Gasteiger partial charge in [0.15, 0.2) is 0 Å². The molecule has 1 aromatic heterocycles. The van der Waals surface area contributed by atoms with Gasteiger partial charge in [0.25, 0.3) is 0 Å². The fraction of sp³-hybridized carbons (Fsp3) is 0.250. The second-order valence-corrected chi connectivity index (χ2v) is 3.59. The van der Waals surface area contributed by atoms with E-state index in [2.05, 4.69) is 29.5 Å². The van der Waals surface area contributed by atoms with Crippen LogP contribution in [0.1, 0.15) is 24.9 Å². The molecule has 0 saturated heterocycles. The lowest BCUT2D eigenvalue weighted by Gasteiger charge is -2.13. The van der Waals surface area contributed by atoms with Gasteiger partial charge in [-0.05, 0) is 24.1 Å². The first-order chi connectivity index (χ1) is 7.35. The van der Waals surface area contributed by atoms with Gasteiger partial charge in [-0.1, -0.05) is 25.1 Å². The Hall–Kier alpha value is -1.45. The Morgan fingerprint density at radius 3 is 2.93 bits per heavy atom. The number of nitrogens with zero attached hydrogens (tertiary/aromatic N) is 1. The van der Waals surface area contributed by atoms with E-state index in [0.717, 1.165) is 22.9 Å². The van der Waals surface area contributed by atoms with Crippen LogP contribution in [-0.4, -0.2) is 4.98 Å². The molecule has 0 fully saturated rings. The smallest absolute Gasteiger partial charge is 0.0702 e. The molecule has 2 aromatic rings. The monoisotopic (exact) mass is 201 g/mol. The average molecular weight is 201 g/mol. The molecule has 1 aromatic carbocycles. The van der Waals surface area contributed by atoms with Crippen molar-refractivity contribution < 1.29 is 0 Å². The van der Waals surface area contributed by atoms with Crippen LogP contribution in [0.25, 0.3) is 10.9 Å². The minimum atomic E-state index is 0.183. The molecule has 0 aliphatic carbocycles. The van der Waals surface area contributed by atoms with E-state index in [4.69, 9.17) is 5.84 Å². The maximum absolute atomic E-state index is 5.48. The van der Waals surface area contributed by atoms with E-state index in [1.165, 1.54) is 0 Å². The van der Waals surface area contributed by atoms with E-state index in [1.54, 1.807) is 0 Å². The molecule has 3 nitrogen and oxygen atoms in total. The molecule has 2 rings (SSSR count). The number of nitrogens with one attached hydrogen (secondary N) is 1. The minimum absolute atomic E-state index is 0.183. The van der Waals surface area contributed by atoms with Crippen molar-refractivity contribution in [3.8, 4) is 0 Å². The van der Waals surface area contributed by atoms with Crippen LogP contribution in [0.15, 0.2) is 36.5 Å². The van der Waals surface area contributed by atoms with Crippen molar-refractivity contribution >= 4 is 10.9 Å². The lowest BCUT2D eigenvalue weighted by molar-refractivity contribution is 0.538. The summed E-state index contributed by atoms with van der Waals surface area (Å²) in [5.41, 5.74) is 4.95. The van der Waals surface area contributed by atoms with Crippen molar-refractivity contribution in [3.63, 3.8) is 0 Å². The molecule has 15 heavy (non-hydrogen) atoms. The van der Waals surface area contributed by atoms with Gasteiger partial charge in [-0.15, -0.1) is 0 Å². The predicted molar refractivity (Wildman–Crippen MR) is 62.1 cm³/mol. The third kappa shape index (κ3) is 1.98. The lowest BCUT2D eigenvalue weighted by Crippen LogP contribution is -2.27. The zero-order chi connectivity index (χ0) is 10.7. The Morgan fingerprint density at radius 2 is 2.20 bits per heavy atom. The molecule has 78 valence electrons. The molecule has 0 spiro atoms. The highest BCUT2D eigenvalue weighted by molar-refractivity contribution is 5.78. The second kappa shape index (κ2) is 4.38. The average Bonchev–Trinajstić information content (AvgIpc) is 2.30. The lowest BCUT2D eigenvalue weighted by atomic mass is 10.1. The Morgan fingerprint density at radius 1 is 1.40 bits per heavy atom. The van der Waals surface area contributed by atoms with Crippen LogP contribution in [0.2, 0.25) is 0 Å². The highest BCUT2D eigenvalue weighted by atomic mass is 15.2. The fourth-order valence-corrected chi connectivity index (χ4v) is 1.73. The number of hydrazine groups is 1. The van der Waals surface area contributed by atoms with Gasteiger partial charge in [0.05, 0.1) is 5.52 Å². The summed E-state index contributed by atoms with van der Waals surface area (Å²) in [6, 6.07) is 10.4. The normalized spacial score (nSPS) is 12.9. The van der Waals surface area contributed by atoms with Crippen molar-refractivity contribution in [2.45, 2.75) is 19.4 Å². The second-order valence-electron chi connectivity index (χ2n) is 3.59. The number of para-hydroxylation sites is 1. The molecular formula is C12H15N3. The van der Waals surface area contributed by atoms with Crippen molar-refractivity contribution in [1.29, 1.82) is 0 Å². The Labute approximate surface area is 89.3 Å². The first kappa shape index (κ1) is 10.1. The first-order valence-corrected chi connectivity index (χ1v) is 5.16. The maximum Gasteiger partial charge on any atom is 0.0702 e. The van der Waals surface area contributed by atoms with Crippen LogP contribution >= 0.6 is 0 Å². The third-order valence-corrected chi connectivity index (χ3v) is 2.62. The van der Waals surface area contributed by atoms with Gasteiger partial charge in [0.1, 0.15) is 0 Å². The van der Waals surface area contributed by atoms with Gasteiger partial charge in [-0.25, -0.2) is 0 Å². The summed E-state index contributed by atoms with van der Waals surface area (Å²) < 4.78 is 0. The predicted octanol–water partition coefficient (Wildman–Crippen LogP) is 2.15. The number of benzene rings is 1. The van der Waals surface area contributed by atoms with E-state index in [1.807, 2.05) is 24.4 Å².